The highest BCUT2D eigenvalue weighted by molar-refractivity contribution is 6.30. The molecule has 3 heterocycles. The lowest BCUT2D eigenvalue weighted by Gasteiger charge is -2.32. The molecule has 2 aliphatic heterocycles. The van der Waals surface area contributed by atoms with Crippen LogP contribution >= 0.6 is 11.6 Å². The van der Waals surface area contributed by atoms with Gasteiger partial charge in [0, 0.05) is 52.4 Å². The van der Waals surface area contributed by atoms with Crippen molar-refractivity contribution in [3.8, 4) is 0 Å². The van der Waals surface area contributed by atoms with E-state index >= 15 is 0 Å². The molecular weight excluding hydrogens is 372 g/mol. The zero-order chi connectivity index (χ0) is 19.8. The predicted molar refractivity (Wildman–Crippen MR) is 111 cm³/mol. The molecule has 2 saturated heterocycles. The SMILES string of the molecule is Cc1ccccc1[C@H]1[C@@H]2CN(Cc3ccc(Cl)cn3)C[C@@H]2CN1C(=O)N(C)C. The van der Waals surface area contributed by atoms with Crippen LogP contribution in [-0.4, -0.2) is 59.4 Å². The predicted octanol–water partition coefficient (Wildman–Crippen LogP) is 3.83. The van der Waals surface area contributed by atoms with Crippen molar-refractivity contribution in [3.63, 3.8) is 0 Å². The summed E-state index contributed by atoms with van der Waals surface area (Å²) in [4.78, 5) is 23.6. The van der Waals surface area contributed by atoms with Crippen LogP contribution in [0.1, 0.15) is 22.9 Å². The molecule has 28 heavy (non-hydrogen) atoms. The summed E-state index contributed by atoms with van der Waals surface area (Å²) in [6.07, 6.45) is 1.71. The molecule has 0 radical (unpaired) electrons. The monoisotopic (exact) mass is 398 g/mol. The summed E-state index contributed by atoms with van der Waals surface area (Å²) >= 11 is 5.96. The maximum atomic E-state index is 12.9. The number of urea groups is 1. The van der Waals surface area contributed by atoms with E-state index in [2.05, 4.69) is 46.0 Å². The second kappa shape index (κ2) is 7.72. The number of pyridine rings is 1. The molecule has 1 aromatic carbocycles. The molecule has 148 valence electrons. The molecule has 0 aliphatic carbocycles. The fourth-order valence-corrected chi connectivity index (χ4v) is 4.88. The van der Waals surface area contributed by atoms with E-state index in [1.807, 2.05) is 26.2 Å². The van der Waals surface area contributed by atoms with Gasteiger partial charge in [-0.05, 0) is 36.1 Å². The smallest absolute Gasteiger partial charge is 0.320 e. The first-order valence-electron chi connectivity index (χ1n) is 9.80. The largest absolute Gasteiger partial charge is 0.331 e. The van der Waals surface area contributed by atoms with Gasteiger partial charge in [-0.3, -0.25) is 9.88 Å². The Kier molecular flexibility index (Phi) is 5.30. The number of likely N-dealkylation sites (tertiary alicyclic amines) is 2. The number of hydrogen-bond acceptors (Lipinski definition) is 3. The summed E-state index contributed by atoms with van der Waals surface area (Å²) < 4.78 is 0. The van der Waals surface area contributed by atoms with Gasteiger partial charge in [0.05, 0.1) is 16.8 Å². The van der Waals surface area contributed by atoms with Gasteiger partial charge in [0.25, 0.3) is 0 Å². The lowest BCUT2D eigenvalue weighted by atomic mass is 9.88. The molecule has 6 heteroatoms. The van der Waals surface area contributed by atoms with Gasteiger partial charge in [-0.1, -0.05) is 35.9 Å². The highest BCUT2D eigenvalue weighted by Gasteiger charge is 2.49. The topological polar surface area (TPSA) is 39.7 Å². The van der Waals surface area contributed by atoms with E-state index in [9.17, 15) is 4.79 Å². The number of carbonyl (C=O) groups is 1. The Morgan fingerprint density at radius 2 is 1.96 bits per heavy atom. The second-order valence-electron chi connectivity index (χ2n) is 8.22. The van der Waals surface area contributed by atoms with Crippen molar-refractivity contribution in [1.82, 2.24) is 19.7 Å². The molecule has 4 rings (SSSR count). The molecule has 1 aromatic heterocycles. The van der Waals surface area contributed by atoms with Gasteiger partial charge in [0.2, 0.25) is 0 Å². The van der Waals surface area contributed by atoms with Gasteiger partial charge < -0.3 is 9.80 Å². The van der Waals surface area contributed by atoms with Gasteiger partial charge >= 0.3 is 6.03 Å². The summed E-state index contributed by atoms with van der Waals surface area (Å²) in [6, 6.07) is 12.6. The molecule has 0 unspecified atom stereocenters. The maximum absolute atomic E-state index is 12.9. The fourth-order valence-electron chi connectivity index (χ4n) is 4.77. The highest BCUT2D eigenvalue weighted by Crippen LogP contribution is 2.46. The number of nitrogens with zero attached hydrogens (tertiary/aromatic N) is 4. The Morgan fingerprint density at radius 1 is 1.18 bits per heavy atom. The standard InChI is InChI=1S/C22H27ClN4O/c1-15-6-4-5-7-19(15)21-20-14-26(13-18-9-8-17(23)10-24-18)11-16(20)12-27(21)22(28)25(2)3/h4-10,16,20-21H,11-14H2,1-3H3/t16-,20-,21+/m1/s1. The van der Waals surface area contributed by atoms with Crippen molar-refractivity contribution < 1.29 is 4.79 Å². The van der Waals surface area contributed by atoms with Crippen LogP contribution in [0.5, 0.6) is 0 Å². The Labute approximate surface area is 171 Å². The summed E-state index contributed by atoms with van der Waals surface area (Å²) in [6.45, 7) is 5.75. The molecule has 5 nitrogen and oxygen atoms in total. The van der Waals surface area contributed by atoms with Crippen LogP contribution in [-0.2, 0) is 6.54 Å². The highest BCUT2D eigenvalue weighted by atomic mass is 35.5. The summed E-state index contributed by atoms with van der Waals surface area (Å²) in [5.41, 5.74) is 3.57. The minimum Gasteiger partial charge on any atom is -0.331 e. The summed E-state index contributed by atoms with van der Waals surface area (Å²) in [5, 5.41) is 0.666. The van der Waals surface area contributed by atoms with Crippen LogP contribution in [0.15, 0.2) is 42.6 Å². The lowest BCUT2D eigenvalue weighted by Crippen LogP contribution is -2.41. The van der Waals surface area contributed by atoms with Crippen LogP contribution in [0.3, 0.4) is 0 Å². The summed E-state index contributed by atoms with van der Waals surface area (Å²) in [5.74, 6) is 0.929. The van der Waals surface area contributed by atoms with Gasteiger partial charge in [0.1, 0.15) is 0 Å². The van der Waals surface area contributed by atoms with E-state index in [1.54, 1.807) is 11.1 Å². The first kappa shape index (κ1) is 19.2. The number of aromatic nitrogens is 1. The maximum Gasteiger partial charge on any atom is 0.320 e. The molecule has 2 aliphatic rings. The first-order valence-corrected chi connectivity index (χ1v) is 10.2. The minimum atomic E-state index is 0.105. The van der Waals surface area contributed by atoms with Crippen molar-refractivity contribution in [3.05, 3.63) is 64.4 Å². The normalized spacial score (nSPS) is 24.4. The number of rotatable bonds is 3. The van der Waals surface area contributed by atoms with E-state index in [-0.39, 0.29) is 12.1 Å². The minimum absolute atomic E-state index is 0.105. The van der Waals surface area contributed by atoms with E-state index in [4.69, 9.17) is 11.6 Å². The Bertz CT molecular complexity index is 854. The Balaban J connectivity index is 1.57. The molecule has 0 saturated carbocycles. The number of aryl methyl sites for hydroxylation is 1. The number of amides is 2. The molecule has 0 bridgehead atoms. The number of halogens is 1. The third-order valence-electron chi connectivity index (χ3n) is 6.05. The Hall–Kier alpha value is -2.11. The van der Waals surface area contributed by atoms with Crippen LogP contribution in [0, 0.1) is 18.8 Å². The third kappa shape index (κ3) is 3.61. The average molecular weight is 399 g/mol. The van der Waals surface area contributed by atoms with Crippen LogP contribution in [0.2, 0.25) is 5.02 Å². The van der Waals surface area contributed by atoms with Crippen molar-refractivity contribution in [1.29, 1.82) is 0 Å². The zero-order valence-corrected chi connectivity index (χ0v) is 17.4. The molecule has 2 fully saturated rings. The summed E-state index contributed by atoms with van der Waals surface area (Å²) in [7, 11) is 3.67. The molecule has 0 N–H and O–H groups in total. The van der Waals surface area contributed by atoms with Crippen LogP contribution in [0.25, 0.3) is 0 Å². The molecular formula is C22H27ClN4O. The number of benzene rings is 1. The van der Waals surface area contributed by atoms with Gasteiger partial charge in [-0.25, -0.2) is 4.79 Å². The van der Waals surface area contributed by atoms with Gasteiger partial charge in [-0.15, -0.1) is 0 Å². The van der Waals surface area contributed by atoms with Crippen LogP contribution < -0.4 is 0 Å². The second-order valence-corrected chi connectivity index (χ2v) is 8.65. The average Bonchev–Trinajstić information content (AvgIpc) is 3.20. The molecule has 2 amide bonds. The van der Waals surface area contributed by atoms with E-state index in [0.717, 1.165) is 31.9 Å². The Morgan fingerprint density at radius 3 is 2.64 bits per heavy atom. The lowest BCUT2D eigenvalue weighted by molar-refractivity contribution is 0.151. The van der Waals surface area contributed by atoms with Crippen molar-refractivity contribution >= 4 is 17.6 Å². The number of carbonyl (C=O) groups excluding carboxylic acids is 1. The van der Waals surface area contributed by atoms with E-state index in [1.165, 1.54) is 11.1 Å². The van der Waals surface area contributed by atoms with Crippen molar-refractivity contribution in [2.75, 3.05) is 33.7 Å². The fraction of sp³-hybridized carbons (Fsp3) is 0.455. The zero-order valence-electron chi connectivity index (χ0n) is 16.7. The van der Waals surface area contributed by atoms with E-state index < -0.39 is 0 Å². The quantitative estimate of drug-likeness (QED) is 0.788. The van der Waals surface area contributed by atoms with Crippen molar-refractivity contribution in [2.45, 2.75) is 19.5 Å². The molecule has 0 spiro atoms. The van der Waals surface area contributed by atoms with Crippen LogP contribution in [0.4, 0.5) is 4.79 Å². The van der Waals surface area contributed by atoms with Gasteiger partial charge in [-0.2, -0.15) is 0 Å². The third-order valence-corrected chi connectivity index (χ3v) is 6.27. The van der Waals surface area contributed by atoms with Gasteiger partial charge in [0.15, 0.2) is 0 Å². The number of fused-ring (bicyclic) bond motifs is 1. The first-order chi connectivity index (χ1) is 13.4. The van der Waals surface area contributed by atoms with Crippen molar-refractivity contribution in [2.24, 2.45) is 11.8 Å². The van der Waals surface area contributed by atoms with E-state index in [0.29, 0.717) is 16.9 Å². The molecule has 2 aromatic rings. The number of hydrogen-bond donors (Lipinski definition) is 0. The molecule has 3 atom stereocenters.